The minimum absolute atomic E-state index is 0.0575. The van der Waals surface area contributed by atoms with Gasteiger partial charge < -0.3 is 15.8 Å². The summed E-state index contributed by atoms with van der Waals surface area (Å²) in [6.45, 7) is 2.55. The summed E-state index contributed by atoms with van der Waals surface area (Å²) in [6, 6.07) is 13.4. The molecule has 3 N–H and O–H groups in total. The molecule has 0 fully saturated rings. The Morgan fingerprint density at radius 1 is 1.29 bits per heavy atom. The van der Waals surface area contributed by atoms with E-state index in [-0.39, 0.29) is 6.04 Å². The first-order valence-electron chi connectivity index (χ1n) is 9.26. The number of nitrogens with two attached hydrogens (primary N) is 1. The van der Waals surface area contributed by atoms with Crippen LogP contribution in [0.15, 0.2) is 48.7 Å². The number of halogens is 1. The van der Waals surface area contributed by atoms with Crippen LogP contribution in [0.25, 0.3) is 10.9 Å². The second kappa shape index (κ2) is 9.04. The van der Waals surface area contributed by atoms with Crippen molar-refractivity contribution in [3.05, 3.63) is 70.4 Å². The summed E-state index contributed by atoms with van der Waals surface area (Å²) in [5, 5.41) is 5.20. The van der Waals surface area contributed by atoms with E-state index in [4.69, 9.17) is 22.1 Å². The normalized spacial score (nSPS) is 12.1. The van der Waals surface area contributed by atoms with E-state index in [0.717, 1.165) is 35.0 Å². The van der Waals surface area contributed by atoms with Gasteiger partial charge in [0, 0.05) is 29.3 Å². The number of pyridine rings is 1. The summed E-state index contributed by atoms with van der Waals surface area (Å²) in [5.74, 6) is -0.497. The maximum Gasteiger partial charge on any atom is 0.250 e. The van der Waals surface area contributed by atoms with Crippen molar-refractivity contribution in [2.75, 3.05) is 12.4 Å². The molecule has 0 spiro atoms. The van der Waals surface area contributed by atoms with Crippen LogP contribution in [0.4, 0.5) is 5.69 Å². The van der Waals surface area contributed by atoms with Gasteiger partial charge in [-0.05, 0) is 30.2 Å². The lowest BCUT2D eigenvalue weighted by Gasteiger charge is -2.23. The van der Waals surface area contributed by atoms with Crippen LogP contribution < -0.4 is 11.1 Å². The summed E-state index contributed by atoms with van der Waals surface area (Å²) >= 11 is 6.21. The molecule has 2 aromatic carbocycles. The largest absolute Gasteiger partial charge is 0.380 e. The van der Waals surface area contributed by atoms with Gasteiger partial charge in [-0.3, -0.25) is 9.78 Å². The van der Waals surface area contributed by atoms with E-state index in [1.165, 1.54) is 0 Å². The smallest absolute Gasteiger partial charge is 0.250 e. The number of benzene rings is 2. The molecule has 0 aliphatic rings. The summed E-state index contributed by atoms with van der Waals surface area (Å²) in [6.07, 6.45) is 3.66. The Morgan fingerprint density at radius 2 is 2.07 bits per heavy atom. The Bertz CT molecular complexity index is 991. The van der Waals surface area contributed by atoms with Gasteiger partial charge in [0.2, 0.25) is 0 Å². The molecule has 0 aliphatic carbocycles. The van der Waals surface area contributed by atoms with E-state index in [1.54, 1.807) is 19.4 Å². The molecule has 5 nitrogen and oxygen atoms in total. The second-order valence-electron chi connectivity index (χ2n) is 6.70. The highest BCUT2D eigenvalue weighted by molar-refractivity contribution is 6.30. The number of aromatic nitrogens is 1. The Hall–Kier alpha value is -2.63. The van der Waals surface area contributed by atoms with Gasteiger partial charge in [0.05, 0.1) is 29.4 Å². The lowest BCUT2D eigenvalue weighted by molar-refractivity contribution is 0.100. The highest BCUT2D eigenvalue weighted by atomic mass is 35.5. The molecule has 1 heterocycles. The number of fused-ring (bicyclic) bond motifs is 1. The lowest BCUT2D eigenvalue weighted by Crippen LogP contribution is -2.15. The average molecular weight is 398 g/mol. The van der Waals surface area contributed by atoms with E-state index in [2.05, 4.69) is 23.3 Å². The molecule has 6 heteroatoms. The molecule has 0 saturated carbocycles. The number of nitrogens with zero attached hydrogens (tertiary/aromatic N) is 1. The van der Waals surface area contributed by atoms with Gasteiger partial charge >= 0.3 is 0 Å². The molecule has 0 unspecified atom stereocenters. The van der Waals surface area contributed by atoms with Crippen LogP contribution in [-0.4, -0.2) is 18.0 Å². The van der Waals surface area contributed by atoms with Gasteiger partial charge in [0.1, 0.15) is 0 Å². The highest BCUT2D eigenvalue weighted by Gasteiger charge is 2.18. The fourth-order valence-electron chi connectivity index (χ4n) is 3.41. The monoisotopic (exact) mass is 397 g/mol. The van der Waals surface area contributed by atoms with Crippen LogP contribution in [0.5, 0.6) is 0 Å². The number of hydrogen-bond acceptors (Lipinski definition) is 4. The van der Waals surface area contributed by atoms with Gasteiger partial charge in [0.25, 0.3) is 5.91 Å². The average Bonchev–Trinajstić information content (AvgIpc) is 2.68. The van der Waals surface area contributed by atoms with E-state index in [9.17, 15) is 4.79 Å². The SMILES string of the molecule is CCC[C@@H](Nc1c(COC)cnc2c(C(N)=O)cccc12)c1cccc(Cl)c1. The molecule has 3 rings (SSSR count). The molecule has 0 radical (unpaired) electrons. The third kappa shape index (κ3) is 4.26. The van der Waals surface area contributed by atoms with Crippen molar-refractivity contribution in [1.82, 2.24) is 4.98 Å². The van der Waals surface area contributed by atoms with Crippen molar-refractivity contribution in [3.8, 4) is 0 Å². The van der Waals surface area contributed by atoms with E-state index < -0.39 is 5.91 Å². The standard InChI is InChI=1S/C22H24ClN3O2/c1-3-6-19(14-7-4-8-16(23)11-14)26-20-15(13-28-2)12-25-21-17(20)9-5-10-18(21)22(24)27/h4-5,7-12,19H,3,6,13H2,1-2H3,(H2,24,27)(H,25,26)/t19-/m1/s1. The minimum atomic E-state index is -0.497. The number of carbonyl (C=O) groups excluding carboxylic acids is 1. The van der Waals surface area contributed by atoms with Crippen LogP contribution in [0, 0.1) is 0 Å². The first kappa shape index (κ1) is 20.1. The quantitative estimate of drug-likeness (QED) is 0.555. The van der Waals surface area contributed by atoms with Crippen LogP contribution in [-0.2, 0) is 11.3 Å². The highest BCUT2D eigenvalue weighted by Crippen LogP contribution is 2.33. The Labute approximate surface area is 169 Å². The topological polar surface area (TPSA) is 77.2 Å². The van der Waals surface area contributed by atoms with Crippen LogP contribution in [0.3, 0.4) is 0 Å². The van der Waals surface area contributed by atoms with Crippen molar-refractivity contribution in [2.24, 2.45) is 5.73 Å². The molecule has 146 valence electrons. The van der Waals surface area contributed by atoms with Crippen molar-refractivity contribution in [2.45, 2.75) is 32.4 Å². The van der Waals surface area contributed by atoms with Gasteiger partial charge in [-0.2, -0.15) is 0 Å². The summed E-state index contributed by atoms with van der Waals surface area (Å²) in [5.41, 5.74) is 9.45. The van der Waals surface area contributed by atoms with Crippen molar-refractivity contribution in [1.29, 1.82) is 0 Å². The van der Waals surface area contributed by atoms with Gasteiger partial charge in [0.15, 0.2) is 0 Å². The number of anilines is 1. The third-order valence-corrected chi connectivity index (χ3v) is 4.92. The summed E-state index contributed by atoms with van der Waals surface area (Å²) in [4.78, 5) is 16.3. The predicted octanol–water partition coefficient (Wildman–Crippen LogP) is 5.09. The Balaban J connectivity index is 2.14. The van der Waals surface area contributed by atoms with Gasteiger partial charge in [-0.1, -0.05) is 49.2 Å². The van der Waals surface area contributed by atoms with Crippen LogP contribution in [0.1, 0.15) is 47.3 Å². The van der Waals surface area contributed by atoms with E-state index in [1.807, 2.05) is 30.3 Å². The third-order valence-electron chi connectivity index (χ3n) is 4.69. The molecule has 0 bridgehead atoms. The molecule has 3 aromatic rings. The Kier molecular flexibility index (Phi) is 6.49. The molecular weight excluding hydrogens is 374 g/mol. The Morgan fingerprint density at radius 3 is 2.75 bits per heavy atom. The van der Waals surface area contributed by atoms with Crippen LogP contribution >= 0.6 is 11.6 Å². The summed E-state index contributed by atoms with van der Waals surface area (Å²) in [7, 11) is 1.65. The fourth-order valence-corrected chi connectivity index (χ4v) is 3.61. The number of para-hydroxylation sites is 1. The van der Waals surface area contributed by atoms with Gasteiger partial charge in [-0.15, -0.1) is 0 Å². The van der Waals surface area contributed by atoms with Crippen molar-refractivity contribution < 1.29 is 9.53 Å². The molecule has 28 heavy (non-hydrogen) atoms. The van der Waals surface area contributed by atoms with Crippen LogP contribution in [0.2, 0.25) is 5.02 Å². The lowest BCUT2D eigenvalue weighted by atomic mass is 9.99. The predicted molar refractivity (Wildman–Crippen MR) is 114 cm³/mol. The summed E-state index contributed by atoms with van der Waals surface area (Å²) < 4.78 is 5.37. The van der Waals surface area contributed by atoms with Crippen molar-refractivity contribution >= 4 is 34.1 Å². The molecule has 0 aliphatic heterocycles. The molecule has 1 atom stereocenters. The van der Waals surface area contributed by atoms with E-state index in [0.29, 0.717) is 22.7 Å². The number of primary amides is 1. The van der Waals surface area contributed by atoms with Crippen molar-refractivity contribution in [3.63, 3.8) is 0 Å². The first-order valence-corrected chi connectivity index (χ1v) is 9.64. The number of hydrogen-bond donors (Lipinski definition) is 2. The molecule has 1 aromatic heterocycles. The number of rotatable bonds is 8. The fraction of sp³-hybridized carbons (Fsp3) is 0.273. The molecule has 0 saturated heterocycles. The number of methoxy groups -OCH3 is 1. The zero-order valence-corrected chi connectivity index (χ0v) is 16.8. The van der Waals surface area contributed by atoms with E-state index >= 15 is 0 Å². The maximum absolute atomic E-state index is 11.8. The number of ether oxygens (including phenoxy) is 1. The number of carbonyl (C=O) groups is 1. The number of nitrogens with one attached hydrogen (secondary N) is 1. The maximum atomic E-state index is 11.8. The zero-order valence-electron chi connectivity index (χ0n) is 16.0. The first-order chi connectivity index (χ1) is 13.5. The zero-order chi connectivity index (χ0) is 20.1. The molecular formula is C22H24ClN3O2. The second-order valence-corrected chi connectivity index (χ2v) is 7.13. The number of amides is 1. The van der Waals surface area contributed by atoms with Gasteiger partial charge in [-0.25, -0.2) is 0 Å². The molecule has 1 amide bonds. The minimum Gasteiger partial charge on any atom is -0.380 e.